The highest BCUT2D eigenvalue weighted by Crippen LogP contribution is 2.30. The first-order valence-electron chi connectivity index (χ1n) is 8.65. The maximum Gasteiger partial charge on any atom is 0.254 e. The van der Waals surface area contributed by atoms with Crippen LogP contribution in [0.3, 0.4) is 0 Å². The lowest BCUT2D eigenvalue weighted by atomic mass is 9.84. The van der Waals surface area contributed by atoms with Gasteiger partial charge in [0, 0.05) is 18.3 Å². The molecule has 7 nitrogen and oxygen atoms in total. The number of carbonyl (C=O) groups excluding carboxylic acids is 1. The van der Waals surface area contributed by atoms with E-state index in [1.165, 1.54) is 11.8 Å². The van der Waals surface area contributed by atoms with Crippen molar-refractivity contribution in [3.63, 3.8) is 0 Å². The van der Waals surface area contributed by atoms with Crippen LogP contribution in [-0.4, -0.2) is 28.0 Å². The number of primary amides is 1. The fourth-order valence-electron chi connectivity index (χ4n) is 3.28. The Hall–Kier alpha value is -2.67. The molecule has 2 aliphatic rings. The number of anilines is 2. The molecular weight excluding hydrogens is 316 g/mol. The summed E-state index contributed by atoms with van der Waals surface area (Å²) in [7, 11) is 0. The number of nitrogens with one attached hydrogen (secondary N) is 2. The number of amides is 1. The number of aryl methyl sites for hydroxylation is 1. The molecule has 1 saturated carbocycles. The summed E-state index contributed by atoms with van der Waals surface area (Å²) in [5.41, 5.74) is 14.6. The van der Waals surface area contributed by atoms with Crippen molar-refractivity contribution in [2.75, 3.05) is 10.6 Å². The van der Waals surface area contributed by atoms with E-state index in [1.54, 1.807) is 0 Å². The normalized spacial score (nSPS) is 22.1. The van der Waals surface area contributed by atoms with E-state index in [9.17, 15) is 4.79 Å². The predicted octanol–water partition coefficient (Wildman–Crippen LogP) is 1.58. The molecule has 0 saturated heterocycles. The Morgan fingerprint density at radius 1 is 1.16 bits per heavy atom. The van der Waals surface area contributed by atoms with Crippen molar-refractivity contribution in [1.29, 1.82) is 0 Å². The maximum absolute atomic E-state index is 11.6. The molecule has 7 heteroatoms. The third-order valence-electron chi connectivity index (χ3n) is 4.86. The van der Waals surface area contributed by atoms with Crippen molar-refractivity contribution in [3.8, 4) is 0 Å². The first-order chi connectivity index (χ1) is 12.1. The minimum atomic E-state index is -0.530. The van der Waals surface area contributed by atoms with Crippen LogP contribution in [0, 0.1) is 0 Å². The number of aromatic nitrogens is 2. The van der Waals surface area contributed by atoms with Gasteiger partial charge in [-0.3, -0.25) is 4.79 Å². The van der Waals surface area contributed by atoms with E-state index in [1.807, 2.05) is 12.1 Å². The van der Waals surface area contributed by atoms with Gasteiger partial charge in [-0.2, -0.15) is 4.98 Å². The second-order valence-electron chi connectivity index (χ2n) is 6.75. The van der Waals surface area contributed by atoms with Crippen LogP contribution in [0.4, 0.5) is 11.8 Å². The second kappa shape index (κ2) is 6.33. The number of hydrogen-bond donors (Lipinski definition) is 4. The van der Waals surface area contributed by atoms with Crippen LogP contribution in [0.1, 0.15) is 46.8 Å². The largest absolute Gasteiger partial charge is 0.367 e. The highest BCUT2D eigenvalue weighted by atomic mass is 16.1. The molecular formula is C18H22N6O. The smallest absolute Gasteiger partial charge is 0.254 e. The van der Waals surface area contributed by atoms with Gasteiger partial charge in [-0.15, -0.1) is 0 Å². The van der Waals surface area contributed by atoms with Gasteiger partial charge in [0.25, 0.3) is 5.91 Å². The van der Waals surface area contributed by atoms with Gasteiger partial charge in [-0.05, 0) is 36.8 Å². The Morgan fingerprint density at radius 2 is 1.96 bits per heavy atom. The van der Waals surface area contributed by atoms with Crippen molar-refractivity contribution in [2.45, 2.75) is 43.8 Å². The number of nitrogens with zero attached hydrogens (tertiary/aromatic N) is 2. The first-order valence-corrected chi connectivity index (χ1v) is 8.65. The summed E-state index contributed by atoms with van der Waals surface area (Å²) < 4.78 is 0. The Kier molecular flexibility index (Phi) is 4.01. The van der Waals surface area contributed by atoms with E-state index in [-0.39, 0.29) is 12.1 Å². The predicted molar refractivity (Wildman–Crippen MR) is 96.3 cm³/mol. The lowest BCUT2D eigenvalue weighted by Gasteiger charge is -2.31. The molecule has 2 atom stereocenters. The van der Waals surface area contributed by atoms with Gasteiger partial charge in [0.1, 0.15) is 5.82 Å². The number of benzene rings is 1. The van der Waals surface area contributed by atoms with Gasteiger partial charge < -0.3 is 22.1 Å². The standard InChI is InChI=1S/C18H22N6O/c19-15-12-4-2-1-3-10(12)5-8-14(15)23-18-21-9-13(16(20)25)17(24-18)22-11-6-7-11/h1-4,9,11,14-15H,5-8,19H2,(H2,20,25)(H2,21,22,23,24)/t14-,15+/m1/s1. The highest BCUT2D eigenvalue weighted by molar-refractivity contribution is 5.97. The van der Waals surface area contributed by atoms with E-state index in [0.29, 0.717) is 23.4 Å². The van der Waals surface area contributed by atoms with Crippen LogP contribution >= 0.6 is 0 Å². The van der Waals surface area contributed by atoms with Crippen molar-refractivity contribution >= 4 is 17.7 Å². The van der Waals surface area contributed by atoms with E-state index in [4.69, 9.17) is 11.5 Å². The molecule has 0 spiro atoms. The quantitative estimate of drug-likeness (QED) is 0.657. The first kappa shape index (κ1) is 15.8. The summed E-state index contributed by atoms with van der Waals surface area (Å²) in [4.78, 5) is 20.3. The van der Waals surface area contributed by atoms with Crippen LogP contribution < -0.4 is 22.1 Å². The minimum Gasteiger partial charge on any atom is -0.367 e. The lowest BCUT2D eigenvalue weighted by Crippen LogP contribution is -2.37. The summed E-state index contributed by atoms with van der Waals surface area (Å²) >= 11 is 0. The summed E-state index contributed by atoms with van der Waals surface area (Å²) in [5.74, 6) is 0.434. The minimum absolute atomic E-state index is 0.0445. The number of nitrogens with two attached hydrogens (primary N) is 2. The Labute approximate surface area is 146 Å². The van der Waals surface area contributed by atoms with E-state index in [2.05, 4.69) is 32.7 Å². The zero-order chi connectivity index (χ0) is 17.4. The maximum atomic E-state index is 11.6. The fraction of sp³-hybridized carbons (Fsp3) is 0.389. The van der Waals surface area contributed by atoms with Crippen LogP contribution in [0.25, 0.3) is 0 Å². The molecule has 0 aliphatic heterocycles. The molecule has 2 aliphatic carbocycles. The van der Waals surface area contributed by atoms with Crippen molar-refractivity contribution in [3.05, 3.63) is 47.2 Å². The number of rotatable bonds is 5. The van der Waals surface area contributed by atoms with E-state index >= 15 is 0 Å². The van der Waals surface area contributed by atoms with Gasteiger partial charge in [0.05, 0.1) is 11.6 Å². The third kappa shape index (κ3) is 3.28. The molecule has 1 fully saturated rings. The van der Waals surface area contributed by atoms with Crippen molar-refractivity contribution in [1.82, 2.24) is 9.97 Å². The average molecular weight is 338 g/mol. The molecule has 0 unspecified atom stereocenters. The molecule has 130 valence electrons. The SMILES string of the molecule is NC(=O)c1cnc(N[C@@H]2CCc3ccccc3[C@@H]2N)nc1NC1CC1. The number of carbonyl (C=O) groups is 1. The summed E-state index contributed by atoms with van der Waals surface area (Å²) in [5, 5.41) is 6.58. The topological polar surface area (TPSA) is 119 Å². The molecule has 0 bridgehead atoms. The molecule has 1 aromatic carbocycles. The zero-order valence-electron chi connectivity index (χ0n) is 13.9. The Morgan fingerprint density at radius 3 is 2.72 bits per heavy atom. The van der Waals surface area contributed by atoms with Gasteiger partial charge in [0.15, 0.2) is 0 Å². The average Bonchev–Trinajstić information content (AvgIpc) is 3.42. The van der Waals surface area contributed by atoms with Gasteiger partial charge in [-0.1, -0.05) is 24.3 Å². The molecule has 6 N–H and O–H groups in total. The molecule has 2 aromatic rings. The monoisotopic (exact) mass is 338 g/mol. The summed E-state index contributed by atoms with van der Waals surface area (Å²) in [6.45, 7) is 0. The highest BCUT2D eigenvalue weighted by Gasteiger charge is 2.28. The van der Waals surface area contributed by atoms with Crippen LogP contribution in [-0.2, 0) is 6.42 Å². The molecule has 25 heavy (non-hydrogen) atoms. The van der Waals surface area contributed by atoms with Crippen LogP contribution in [0.15, 0.2) is 30.5 Å². The van der Waals surface area contributed by atoms with Gasteiger partial charge in [-0.25, -0.2) is 4.98 Å². The molecule has 1 heterocycles. The van der Waals surface area contributed by atoms with Crippen LogP contribution in [0.5, 0.6) is 0 Å². The zero-order valence-corrected chi connectivity index (χ0v) is 13.9. The van der Waals surface area contributed by atoms with Gasteiger partial charge in [0.2, 0.25) is 5.95 Å². The van der Waals surface area contributed by atoms with E-state index < -0.39 is 5.91 Å². The van der Waals surface area contributed by atoms with E-state index in [0.717, 1.165) is 31.2 Å². The second-order valence-corrected chi connectivity index (χ2v) is 6.75. The fourth-order valence-corrected chi connectivity index (χ4v) is 3.28. The summed E-state index contributed by atoms with van der Waals surface area (Å²) in [6, 6.07) is 8.54. The Bertz CT molecular complexity index is 804. The third-order valence-corrected chi connectivity index (χ3v) is 4.86. The van der Waals surface area contributed by atoms with Crippen molar-refractivity contribution < 1.29 is 4.79 Å². The van der Waals surface area contributed by atoms with Crippen LogP contribution in [0.2, 0.25) is 0 Å². The van der Waals surface area contributed by atoms with Gasteiger partial charge >= 0.3 is 0 Å². The molecule has 1 aromatic heterocycles. The number of hydrogen-bond acceptors (Lipinski definition) is 6. The molecule has 1 amide bonds. The summed E-state index contributed by atoms with van der Waals surface area (Å²) in [6.07, 6.45) is 5.51. The Balaban J connectivity index is 1.55. The van der Waals surface area contributed by atoms with Crippen molar-refractivity contribution in [2.24, 2.45) is 11.5 Å². The lowest BCUT2D eigenvalue weighted by molar-refractivity contribution is 0.100. The molecule has 4 rings (SSSR count). The number of fused-ring (bicyclic) bond motifs is 1. The molecule has 0 radical (unpaired) electrons.